The molecule has 4 heteroatoms. The molecule has 0 aliphatic carbocycles. The van der Waals surface area contributed by atoms with Crippen LogP contribution in [0.1, 0.15) is 28.7 Å². The second-order valence-electron chi connectivity index (χ2n) is 3.07. The van der Waals surface area contributed by atoms with Crippen molar-refractivity contribution in [3.8, 4) is 0 Å². The first-order valence-corrected chi connectivity index (χ1v) is 4.59. The molecule has 72 valence electrons. The molecule has 0 radical (unpaired) electrons. The van der Waals surface area contributed by atoms with E-state index < -0.39 is 0 Å². The zero-order valence-electron chi connectivity index (χ0n) is 7.95. The fourth-order valence-corrected chi connectivity index (χ4v) is 1.36. The summed E-state index contributed by atoms with van der Waals surface area (Å²) in [5.41, 5.74) is 2.35. The number of carbonyl (C=O) groups excluding carboxylic acids is 1. The van der Waals surface area contributed by atoms with Gasteiger partial charge in [0.15, 0.2) is 0 Å². The van der Waals surface area contributed by atoms with Crippen LogP contribution in [0.15, 0.2) is 17.1 Å². The van der Waals surface area contributed by atoms with Crippen LogP contribution in [0.25, 0.3) is 0 Å². The third kappa shape index (κ3) is 1.51. The molecular formula is C10H11N3O. The zero-order valence-corrected chi connectivity index (χ0v) is 7.95. The second kappa shape index (κ2) is 3.57. The predicted molar refractivity (Wildman–Crippen MR) is 53.5 cm³/mol. The van der Waals surface area contributed by atoms with E-state index in [1.165, 1.54) is 0 Å². The molecule has 0 spiro atoms. The Morgan fingerprint density at radius 1 is 1.57 bits per heavy atom. The smallest absolute Gasteiger partial charge is 0.269 e. The lowest BCUT2D eigenvalue weighted by Crippen LogP contribution is -2.24. The third-order valence-electron chi connectivity index (χ3n) is 2.06. The zero-order chi connectivity index (χ0) is 9.97. The van der Waals surface area contributed by atoms with Crippen LogP contribution in [0, 0.1) is 0 Å². The monoisotopic (exact) mass is 189 g/mol. The summed E-state index contributed by atoms with van der Waals surface area (Å²) in [6.45, 7) is 3.18. The average molecular weight is 189 g/mol. The number of amides is 1. The van der Waals surface area contributed by atoms with Crippen LogP contribution in [0.3, 0.4) is 0 Å². The highest BCUT2D eigenvalue weighted by molar-refractivity contribution is 5.93. The summed E-state index contributed by atoms with van der Waals surface area (Å²) in [7, 11) is 0. The minimum Gasteiger partial charge on any atom is -0.351 e. The Labute approximate surface area is 82.1 Å². The van der Waals surface area contributed by atoms with Crippen molar-refractivity contribution in [1.29, 1.82) is 0 Å². The molecule has 1 aromatic rings. The van der Waals surface area contributed by atoms with Crippen molar-refractivity contribution in [3.63, 3.8) is 0 Å². The molecule has 1 aromatic heterocycles. The summed E-state index contributed by atoms with van der Waals surface area (Å²) in [6.07, 6.45) is 1.71. The SMILES string of the molecule is CCNC(=O)c1ccc2c(n1)C=NC2. The van der Waals surface area contributed by atoms with E-state index in [0.717, 1.165) is 11.3 Å². The van der Waals surface area contributed by atoms with Crippen molar-refractivity contribution >= 4 is 12.1 Å². The van der Waals surface area contributed by atoms with Gasteiger partial charge in [-0.2, -0.15) is 0 Å². The van der Waals surface area contributed by atoms with E-state index in [1.807, 2.05) is 13.0 Å². The molecule has 1 amide bonds. The Bertz CT molecular complexity index is 398. The van der Waals surface area contributed by atoms with E-state index in [2.05, 4.69) is 15.3 Å². The van der Waals surface area contributed by atoms with Crippen LogP contribution in [-0.2, 0) is 6.54 Å². The van der Waals surface area contributed by atoms with Gasteiger partial charge < -0.3 is 5.32 Å². The first-order valence-electron chi connectivity index (χ1n) is 4.59. The normalized spacial score (nSPS) is 12.6. The summed E-state index contributed by atoms with van der Waals surface area (Å²) in [6, 6.07) is 3.64. The molecule has 2 rings (SSSR count). The van der Waals surface area contributed by atoms with Crippen molar-refractivity contribution in [2.24, 2.45) is 4.99 Å². The summed E-state index contributed by atoms with van der Waals surface area (Å²) < 4.78 is 0. The lowest BCUT2D eigenvalue weighted by molar-refractivity contribution is 0.0951. The highest BCUT2D eigenvalue weighted by Crippen LogP contribution is 2.12. The van der Waals surface area contributed by atoms with Crippen LogP contribution < -0.4 is 5.32 Å². The van der Waals surface area contributed by atoms with Gasteiger partial charge in [-0.05, 0) is 13.0 Å². The largest absolute Gasteiger partial charge is 0.351 e. The van der Waals surface area contributed by atoms with Gasteiger partial charge in [0.2, 0.25) is 0 Å². The maximum atomic E-state index is 11.4. The lowest BCUT2D eigenvalue weighted by Gasteiger charge is -2.02. The Morgan fingerprint density at radius 3 is 3.21 bits per heavy atom. The van der Waals surface area contributed by atoms with E-state index in [-0.39, 0.29) is 5.91 Å². The Balaban J connectivity index is 2.28. The average Bonchev–Trinajstić information content (AvgIpc) is 2.64. The summed E-state index contributed by atoms with van der Waals surface area (Å²) in [5, 5.41) is 2.71. The summed E-state index contributed by atoms with van der Waals surface area (Å²) in [5.74, 6) is -0.129. The molecule has 0 unspecified atom stereocenters. The molecule has 0 fully saturated rings. The van der Waals surface area contributed by atoms with E-state index >= 15 is 0 Å². The number of fused-ring (bicyclic) bond motifs is 1. The van der Waals surface area contributed by atoms with Crippen LogP contribution in [-0.4, -0.2) is 23.7 Å². The van der Waals surface area contributed by atoms with Gasteiger partial charge >= 0.3 is 0 Å². The van der Waals surface area contributed by atoms with Gasteiger partial charge in [0.05, 0.1) is 12.2 Å². The topological polar surface area (TPSA) is 54.4 Å². The van der Waals surface area contributed by atoms with E-state index in [9.17, 15) is 4.79 Å². The first-order chi connectivity index (χ1) is 6.81. The van der Waals surface area contributed by atoms with Gasteiger partial charge in [-0.1, -0.05) is 6.07 Å². The molecule has 1 N–H and O–H groups in total. The van der Waals surface area contributed by atoms with Gasteiger partial charge in [0.25, 0.3) is 5.91 Å². The molecule has 2 heterocycles. The van der Waals surface area contributed by atoms with Gasteiger partial charge in [0.1, 0.15) is 5.69 Å². The molecular weight excluding hydrogens is 178 g/mol. The number of nitrogens with one attached hydrogen (secondary N) is 1. The van der Waals surface area contributed by atoms with Gasteiger partial charge in [0, 0.05) is 18.3 Å². The second-order valence-corrected chi connectivity index (χ2v) is 3.07. The number of aliphatic imine (C=N–C) groups is 1. The van der Waals surface area contributed by atoms with Crippen LogP contribution in [0.5, 0.6) is 0 Å². The summed E-state index contributed by atoms with van der Waals surface area (Å²) >= 11 is 0. The number of rotatable bonds is 2. The molecule has 1 aliphatic rings. The molecule has 1 aliphatic heterocycles. The Morgan fingerprint density at radius 2 is 2.43 bits per heavy atom. The Hall–Kier alpha value is -1.71. The molecule has 14 heavy (non-hydrogen) atoms. The number of nitrogens with zero attached hydrogens (tertiary/aromatic N) is 2. The minimum absolute atomic E-state index is 0.129. The van der Waals surface area contributed by atoms with Crippen molar-refractivity contribution in [1.82, 2.24) is 10.3 Å². The standard InChI is InChI=1S/C10H11N3O/c1-2-12-10(14)8-4-3-7-5-11-6-9(7)13-8/h3-4,6H,2,5H2,1H3,(H,12,14). The predicted octanol–water partition coefficient (Wildman–Crippen LogP) is 0.764. The van der Waals surface area contributed by atoms with E-state index in [4.69, 9.17) is 0 Å². The molecule has 0 atom stereocenters. The number of hydrogen-bond donors (Lipinski definition) is 1. The quantitative estimate of drug-likeness (QED) is 0.746. The van der Waals surface area contributed by atoms with Gasteiger partial charge in [-0.25, -0.2) is 4.98 Å². The highest BCUT2D eigenvalue weighted by Gasteiger charge is 2.11. The van der Waals surface area contributed by atoms with Crippen molar-refractivity contribution in [2.75, 3.05) is 6.54 Å². The fourth-order valence-electron chi connectivity index (χ4n) is 1.36. The first kappa shape index (κ1) is 8.87. The third-order valence-corrected chi connectivity index (χ3v) is 2.06. The number of hydrogen-bond acceptors (Lipinski definition) is 3. The summed E-state index contributed by atoms with van der Waals surface area (Å²) in [4.78, 5) is 19.7. The molecule has 0 bridgehead atoms. The van der Waals surface area contributed by atoms with Crippen LogP contribution in [0.2, 0.25) is 0 Å². The van der Waals surface area contributed by atoms with Crippen molar-refractivity contribution in [2.45, 2.75) is 13.5 Å². The van der Waals surface area contributed by atoms with Crippen LogP contribution in [0.4, 0.5) is 0 Å². The maximum Gasteiger partial charge on any atom is 0.269 e. The molecule has 0 aromatic carbocycles. The Kier molecular flexibility index (Phi) is 2.26. The number of aromatic nitrogens is 1. The lowest BCUT2D eigenvalue weighted by atomic mass is 10.2. The van der Waals surface area contributed by atoms with Gasteiger partial charge in [-0.15, -0.1) is 0 Å². The van der Waals surface area contributed by atoms with Crippen LogP contribution >= 0.6 is 0 Å². The van der Waals surface area contributed by atoms with Gasteiger partial charge in [-0.3, -0.25) is 9.79 Å². The molecule has 0 saturated carbocycles. The number of pyridine rings is 1. The minimum atomic E-state index is -0.129. The highest BCUT2D eigenvalue weighted by atomic mass is 16.1. The number of carbonyl (C=O) groups is 1. The fraction of sp³-hybridized carbons (Fsp3) is 0.300. The van der Waals surface area contributed by atoms with E-state index in [0.29, 0.717) is 18.8 Å². The molecule has 4 nitrogen and oxygen atoms in total. The molecule has 0 saturated heterocycles. The van der Waals surface area contributed by atoms with Crippen molar-refractivity contribution < 1.29 is 4.79 Å². The maximum absolute atomic E-state index is 11.4. The van der Waals surface area contributed by atoms with E-state index in [1.54, 1.807) is 12.3 Å². The van der Waals surface area contributed by atoms with Crippen molar-refractivity contribution in [3.05, 3.63) is 29.1 Å².